The third-order valence-electron chi connectivity index (χ3n) is 4.55. The van der Waals surface area contributed by atoms with E-state index in [0.29, 0.717) is 19.5 Å². The number of para-hydroxylation sites is 1. The maximum atomic E-state index is 12.6. The Balaban J connectivity index is 1.64. The molecule has 0 saturated carbocycles. The lowest BCUT2D eigenvalue weighted by molar-refractivity contribution is -0.133. The maximum absolute atomic E-state index is 12.6. The molecule has 122 valence electrons. The molecule has 1 fully saturated rings. The van der Waals surface area contributed by atoms with Crippen LogP contribution in [0.1, 0.15) is 12.8 Å². The van der Waals surface area contributed by atoms with Crippen molar-refractivity contribution in [3.05, 3.63) is 36.5 Å². The average Bonchev–Trinajstić information content (AvgIpc) is 3.19. The van der Waals surface area contributed by atoms with Crippen molar-refractivity contribution in [2.45, 2.75) is 25.4 Å². The van der Waals surface area contributed by atoms with E-state index < -0.39 is 12.1 Å². The Morgan fingerprint density at radius 1 is 1.30 bits per heavy atom. The van der Waals surface area contributed by atoms with Gasteiger partial charge in [0.25, 0.3) is 0 Å². The van der Waals surface area contributed by atoms with Gasteiger partial charge in [-0.2, -0.15) is 0 Å². The van der Waals surface area contributed by atoms with E-state index in [1.165, 1.54) is 10.3 Å². The molecule has 1 unspecified atom stereocenters. The quantitative estimate of drug-likeness (QED) is 0.932. The van der Waals surface area contributed by atoms with Gasteiger partial charge in [-0.15, -0.1) is 0 Å². The lowest BCUT2D eigenvalue weighted by Gasteiger charge is -2.27. The molecule has 0 spiro atoms. The summed E-state index contributed by atoms with van der Waals surface area (Å²) in [5.41, 5.74) is 6.51. The first-order valence-corrected chi connectivity index (χ1v) is 7.93. The van der Waals surface area contributed by atoms with Gasteiger partial charge in [-0.1, -0.05) is 18.2 Å². The second kappa shape index (κ2) is 6.32. The Bertz CT molecular complexity index is 724. The van der Waals surface area contributed by atoms with Gasteiger partial charge in [-0.05, 0) is 30.4 Å². The molecular weight excluding hydrogens is 292 g/mol. The van der Waals surface area contributed by atoms with Crippen molar-refractivity contribution in [3.8, 4) is 0 Å². The molecule has 3 rings (SSSR count). The van der Waals surface area contributed by atoms with Gasteiger partial charge >= 0.3 is 6.03 Å². The Labute approximate surface area is 135 Å². The Morgan fingerprint density at radius 2 is 2.09 bits per heavy atom. The summed E-state index contributed by atoms with van der Waals surface area (Å²) in [6, 6.07) is 9.33. The zero-order chi connectivity index (χ0) is 16.4. The van der Waals surface area contributed by atoms with Gasteiger partial charge in [0.1, 0.15) is 6.04 Å². The number of primary amides is 1. The highest BCUT2D eigenvalue weighted by atomic mass is 16.2. The van der Waals surface area contributed by atoms with Crippen molar-refractivity contribution in [2.75, 3.05) is 20.1 Å². The first-order chi connectivity index (χ1) is 11.1. The third-order valence-corrected chi connectivity index (χ3v) is 4.55. The maximum Gasteiger partial charge on any atom is 0.315 e. The molecule has 2 heterocycles. The molecule has 1 aliphatic heterocycles. The number of hydrogen-bond acceptors (Lipinski definition) is 2. The Kier molecular flexibility index (Phi) is 4.23. The van der Waals surface area contributed by atoms with Crippen LogP contribution in [0.15, 0.2) is 36.5 Å². The molecule has 1 aromatic heterocycles. The molecule has 3 amide bonds. The van der Waals surface area contributed by atoms with E-state index in [4.69, 9.17) is 5.73 Å². The monoisotopic (exact) mass is 314 g/mol. The number of amides is 3. The number of urea groups is 1. The predicted octanol–water partition coefficient (Wildman–Crippen LogP) is 1.64. The van der Waals surface area contributed by atoms with Crippen LogP contribution in [0.3, 0.4) is 0 Å². The van der Waals surface area contributed by atoms with E-state index in [1.807, 2.05) is 18.3 Å². The largest absolute Gasteiger partial charge is 0.351 e. The number of benzene rings is 1. The summed E-state index contributed by atoms with van der Waals surface area (Å²) in [4.78, 5) is 27.1. The van der Waals surface area contributed by atoms with Crippen molar-refractivity contribution in [1.82, 2.24) is 14.4 Å². The van der Waals surface area contributed by atoms with E-state index >= 15 is 0 Å². The standard InChI is InChI=1S/C17H22N4O2/c1-19(16(22)15-7-4-9-21(15)17(18)23)11-12-20-10-8-13-5-2-3-6-14(13)20/h2-3,5-6,8,10,15H,4,7,9,11-12H2,1H3,(H2,18,23). The van der Waals surface area contributed by atoms with Crippen LogP contribution < -0.4 is 5.73 Å². The number of likely N-dealkylation sites (N-methyl/N-ethyl adjacent to an activating group) is 1. The van der Waals surface area contributed by atoms with Gasteiger partial charge in [-0.3, -0.25) is 4.79 Å². The second-order valence-electron chi connectivity index (χ2n) is 6.02. The minimum atomic E-state index is -0.509. The SMILES string of the molecule is CN(CCn1ccc2ccccc21)C(=O)C1CCCN1C(N)=O. The van der Waals surface area contributed by atoms with Gasteiger partial charge < -0.3 is 20.1 Å². The molecule has 6 nitrogen and oxygen atoms in total. The van der Waals surface area contributed by atoms with Crippen LogP contribution in [-0.4, -0.2) is 52.5 Å². The first kappa shape index (κ1) is 15.4. The number of likely N-dealkylation sites (tertiary alicyclic amines) is 1. The number of rotatable bonds is 4. The summed E-state index contributed by atoms with van der Waals surface area (Å²) in [5, 5.41) is 1.19. The first-order valence-electron chi connectivity index (χ1n) is 7.93. The molecule has 1 saturated heterocycles. The number of carbonyl (C=O) groups excluding carboxylic acids is 2. The Hall–Kier alpha value is -2.50. The molecule has 1 aliphatic rings. The van der Waals surface area contributed by atoms with Crippen LogP contribution in [0, 0.1) is 0 Å². The normalized spacial score (nSPS) is 17.6. The zero-order valence-corrected chi connectivity index (χ0v) is 13.3. The van der Waals surface area contributed by atoms with Crippen molar-refractivity contribution in [1.29, 1.82) is 0 Å². The fourth-order valence-electron chi connectivity index (χ4n) is 3.25. The van der Waals surface area contributed by atoms with E-state index in [-0.39, 0.29) is 5.91 Å². The number of aromatic nitrogens is 1. The van der Waals surface area contributed by atoms with E-state index in [9.17, 15) is 9.59 Å². The lowest BCUT2D eigenvalue weighted by atomic mass is 10.2. The van der Waals surface area contributed by atoms with Gasteiger partial charge in [0.05, 0.1) is 0 Å². The van der Waals surface area contributed by atoms with E-state index in [2.05, 4.69) is 22.8 Å². The van der Waals surface area contributed by atoms with E-state index in [1.54, 1.807) is 11.9 Å². The number of nitrogens with two attached hydrogens (primary N) is 1. The fraction of sp³-hybridized carbons (Fsp3) is 0.412. The molecule has 0 aliphatic carbocycles. The van der Waals surface area contributed by atoms with Crippen molar-refractivity contribution >= 4 is 22.8 Å². The second-order valence-corrected chi connectivity index (χ2v) is 6.02. The molecule has 2 N–H and O–H groups in total. The van der Waals surface area contributed by atoms with Crippen LogP contribution in [0.25, 0.3) is 10.9 Å². The molecule has 1 aromatic carbocycles. The topological polar surface area (TPSA) is 71.6 Å². The molecule has 6 heteroatoms. The van der Waals surface area contributed by atoms with Crippen LogP contribution >= 0.6 is 0 Å². The zero-order valence-electron chi connectivity index (χ0n) is 13.3. The molecule has 1 atom stereocenters. The predicted molar refractivity (Wildman–Crippen MR) is 88.9 cm³/mol. The highest BCUT2D eigenvalue weighted by Gasteiger charge is 2.34. The minimum absolute atomic E-state index is 0.0299. The lowest BCUT2D eigenvalue weighted by Crippen LogP contribution is -2.48. The highest BCUT2D eigenvalue weighted by Crippen LogP contribution is 2.19. The number of hydrogen-bond donors (Lipinski definition) is 1. The molecule has 2 aromatic rings. The third kappa shape index (κ3) is 3.02. The van der Waals surface area contributed by atoms with Crippen molar-refractivity contribution in [3.63, 3.8) is 0 Å². The van der Waals surface area contributed by atoms with Gasteiger partial charge in [0.2, 0.25) is 5.91 Å². The summed E-state index contributed by atoms with van der Waals surface area (Å²) in [5.74, 6) is -0.0299. The number of nitrogens with zero attached hydrogens (tertiary/aromatic N) is 3. The minimum Gasteiger partial charge on any atom is -0.351 e. The van der Waals surface area contributed by atoms with E-state index in [0.717, 1.165) is 18.5 Å². The fourth-order valence-corrected chi connectivity index (χ4v) is 3.25. The van der Waals surface area contributed by atoms with Crippen molar-refractivity contribution in [2.24, 2.45) is 5.73 Å². The summed E-state index contributed by atoms with van der Waals surface area (Å²) >= 11 is 0. The van der Waals surface area contributed by atoms with Crippen LogP contribution in [0.5, 0.6) is 0 Å². The summed E-state index contributed by atoms with van der Waals surface area (Å²) < 4.78 is 2.14. The smallest absolute Gasteiger partial charge is 0.315 e. The summed E-state index contributed by atoms with van der Waals surface area (Å²) in [6.07, 6.45) is 3.56. The van der Waals surface area contributed by atoms with Crippen molar-refractivity contribution < 1.29 is 9.59 Å². The molecule has 0 radical (unpaired) electrons. The molecule has 0 bridgehead atoms. The average molecular weight is 314 g/mol. The van der Waals surface area contributed by atoms with Gasteiger partial charge in [0, 0.05) is 38.4 Å². The summed E-state index contributed by atoms with van der Waals surface area (Å²) in [7, 11) is 1.78. The van der Waals surface area contributed by atoms with Crippen LogP contribution in [0.2, 0.25) is 0 Å². The van der Waals surface area contributed by atoms with Crippen LogP contribution in [0.4, 0.5) is 4.79 Å². The molecule has 23 heavy (non-hydrogen) atoms. The van der Waals surface area contributed by atoms with Gasteiger partial charge in [-0.25, -0.2) is 4.79 Å². The number of fused-ring (bicyclic) bond motifs is 1. The number of carbonyl (C=O) groups is 2. The van der Waals surface area contributed by atoms with Gasteiger partial charge in [0.15, 0.2) is 0 Å². The summed E-state index contributed by atoms with van der Waals surface area (Å²) in [6.45, 7) is 1.89. The highest BCUT2D eigenvalue weighted by molar-refractivity contribution is 5.87. The van der Waals surface area contributed by atoms with Crippen LogP contribution in [-0.2, 0) is 11.3 Å². The molecular formula is C17H22N4O2. The Morgan fingerprint density at radius 3 is 2.87 bits per heavy atom.